The molecule has 4 nitrogen and oxygen atoms in total. The number of ether oxygens (including phenoxy) is 1. The zero-order chi connectivity index (χ0) is 11.1. The molecule has 0 bridgehead atoms. The maximum absolute atomic E-state index is 5.75. The van der Waals surface area contributed by atoms with Gasteiger partial charge in [0.2, 0.25) is 0 Å². The summed E-state index contributed by atoms with van der Waals surface area (Å²) in [6.07, 6.45) is 1.86. The van der Waals surface area contributed by atoms with Gasteiger partial charge in [0.1, 0.15) is 5.75 Å². The van der Waals surface area contributed by atoms with E-state index in [1.54, 1.807) is 7.11 Å². The number of hydrogen-bond acceptors (Lipinski definition) is 4. The molecule has 3 rings (SSSR count). The summed E-state index contributed by atoms with van der Waals surface area (Å²) in [4.78, 5) is 0. The second-order valence-electron chi connectivity index (χ2n) is 3.90. The van der Waals surface area contributed by atoms with Crippen molar-refractivity contribution in [2.45, 2.75) is 12.8 Å². The number of nitrogens with zero attached hydrogens (tertiary/aromatic N) is 1. The number of fused-ring (bicyclic) bond motifs is 3. The van der Waals surface area contributed by atoms with Gasteiger partial charge in [-0.1, -0.05) is 11.2 Å². The van der Waals surface area contributed by atoms with Crippen LogP contribution in [0.4, 0.5) is 5.82 Å². The van der Waals surface area contributed by atoms with Crippen molar-refractivity contribution in [1.82, 2.24) is 5.16 Å². The van der Waals surface area contributed by atoms with Gasteiger partial charge in [0.05, 0.1) is 7.11 Å². The Bertz CT molecular complexity index is 546. The van der Waals surface area contributed by atoms with Gasteiger partial charge in [-0.15, -0.1) is 0 Å². The highest BCUT2D eigenvalue weighted by Gasteiger charge is 2.23. The summed E-state index contributed by atoms with van der Waals surface area (Å²) in [5, 5.41) is 3.81. The fourth-order valence-electron chi connectivity index (χ4n) is 2.15. The molecule has 4 heteroatoms. The second kappa shape index (κ2) is 3.27. The molecular weight excluding hydrogens is 204 g/mol. The molecule has 2 N–H and O–H groups in total. The summed E-state index contributed by atoms with van der Waals surface area (Å²) in [5.41, 5.74) is 9.07. The third kappa shape index (κ3) is 1.19. The molecule has 82 valence electrons. The quantitative estimate of drug-likeness (QED) is 0.792. The molecule has 0 aliphatic heterocycles. The summed E-state index contributed by atoms with van der Waals surface area (Å²) in [6.45, 7) is 0. The van der Waals surface area contributed by atoms with E-state index in [4.69, 9.17) is 15.0 Å². The summed E-state index contributed by atoms with van der Waals surface area (Å²) in [6, 6.07) is 6.00. The van der Waals surface area contributed by atoms with Gasteiger partial charge in [0.25, 0.3) is 0 Å². The molecule has 1 aliphatic rings. The zero-order valence-corrected chi connectivity index (χ0v) is 8.99. The minimum atomic E-state index is 0.503. The number of methoxy groups -OCH3 is 1. The molecule has 16 heavy (non-hydrogen) atoms. The van der Waals surface area contributed by atoms with Gasteiger partial charge in [-0.25, -0.2) is 0 Å². The summed E-state index contributed by atoms with van der Waals surface area (Å²) in [7, 11) is 1.65. The Hall–Kier alpha value is -1.97. The van der Waals surface area contributed by atoms with Crippen molar-refractivity contribution in [3.8, 4) is 17.1 Å². The van der Waals surface area contributed by atoms with Gasteiger partial charge in [0, 0.05) is 11.1 Å². The van der Waals surface area contributed by atoms with Crippen LogP contribution in [0.15, 0.2) is 22.7 Å². The maximum atomic E-state index is 5.75. The Morgan fingerprint density at radius 2 is 2.25 bits per heavy atom. The molecule has 2 aromatic rings. The second-order valence-corrected chi connectivity index (χ2v) is 3.90. The average Bonchev–Trinajstić information content (AvgIpc) is 2.71. The largest absolute Gasteiger partial charge is 0.497 e. The van der Waals surface area contributed by atoms with Crippen molar-refractivity contribution < 1.29 is 9.26 Å². The third-order valence-corrected chi connectivity index (χ3v) is 3.02. The molecule has 0 spiro atoms. The van der Waals surface area contributed by atoms with Crippen LogP contribution < -0.4 is 10.5 Å². The number of nitrogen functional groups attached to an aromatic ring is 1. The zero-order valence-electron chi connectivity index (χ0n) is 8.99. The molecule has 1 aromatic carbocycles. The van der Waals surface area contributed by atoms with E-state index in [1.165, 1.54) is 5.56 Å². The minimum absolute atomic E-state index is 0.503. The molecule has 0 fully saturated rings. The van der Waals surface area contributed by atoms with E-state index in [-0.39, 0.29) is 0 Å². The van der Waals surface area contributed by atoms with Crippen LogP contribution in [0.5, 0.6) is 5.75 Å². The molecule has 1 aliphatic carbocycles. The van der Waals surface area contributed by atoms with E-state index < -0.39 is 0 Å². The number of aryl methyl sites for hydroxylation is 1. The lowest BCUT2D eigenvalue weighted by atomic mass is 9.90. The summed E-state index contributed by atoms with van der Waals surface area (Å²) < 4.78 is 10.5. The maximum Gasteiger partial charge on any atom is 0.172 e. The Morgan fingerprint density at radius 1 is 1.38 bits per heavy atom. The van der Waals surface area contributed by atoms with Gasteiger partial charge in [-0.2, -0.15) is 0 Å². The summed E-state index contributed by atoms with van der Waals surface area (Å²) in [5.74, 6) is 2.11. The molecule has 0 radical (unpaired) electrons. The first kappa shape index (κ1) is 9.27. The molecule has 0 atom stereocenters. The van der Waals surface area contributed by atoms with Gasteiger partial charge >= 0.3 is 0 Å². The van der Waals surface area contributed by atoms with E-state index in [1.807, 2.05) is 12.1 Å². The van der Waals surface area contributed by atoms with Crippen LogP contribution in [-0.2, 0) is 12.8 Å². The van der Waals surface area contributed by atoms with Crippen LogP contribution in [0, 0.1) is 0 Å². The van der Waals surface area contributed by atoms with Gasteiger partial charge in [0.15, 0.2) is 11.6 Å². The Kier molecular flexibility index (Phi) is 1.89. The highest BCUT2D eigenvalue weighted by atomic mass is 16.5. The van der Waals surface area contributed by atoms with E-state index >= 15 is 0 Å². The Balaban J connectivity index is 2.22. The molecular formula is C12H12N2O2. The van der Waals surface area contributed by atoms with Gasteiger partial charge in [-0.3, -0.25) is 0 Å². The molecule has 0 saturated carbocycles. The first-order chi connectivity index (χ1) is 7.79. The Labute approximate surface area is 93.0 Å². The van der Waals surface area contributed by atoms with E-state index in [0.717, 1.165) is 35.5 Å². The lowest BCUT2D eigenvalue weighted by Crippen LogP contribution is -2.04. The molecule has 0 amide bonds. The number of hydrogen-bond donors (Lipinski definition) is 1. The van der Waals surface area contributed by atoms with Crippen LogP contribution in [0.25, 0.3) is 11.3 Å². The standard InChI is InChI=1S/C12H12N2O2/c1-15-8-4-2-7-3-5-9-11(10(7)6-8)16-14-12(9)13/h2,4,6H,3,5H2,1H3,(H2,13,14). The first-order valence-electron chi connectivity index (χ1n) is 5.21. The number of nitrogens with two attached hydrogens (primary N) is 1. The number of aromatic nitrogens is 1. The third-order valence-electron chi connectivity index (χ3n) is 3.02. The van der Waals surface area contributed by atoms with Crippen LogP contribution in [0.3, 0.4) is 0 Å². The number of anilines is 1. The molecule has 1 aromatic heterocycles. The number of benzene rings is 1. The van der Waals surface area contributed by atoms with Crippen molar-refractivity contribution in [1.29, 1.82) is 0 Å². The number of rotatable bonds is 1. The van der Waals surface area contributed by atoms with Crippen LogP contribution >= 0.6 is 0 Å². The lowest BCUT2D eigenvalue weighted by Gasteiger charge is -2.15. The topological polar surface area (TPSA) is 61.3 Å². The van der Waals surface area contributed by atoms with Crippen molar-refractivity contribution in [2.75, 3.05) is 12.8 Å². The highest BCUT2D eigenvalue weighted by molar-refractivity contribution is 5.72. The van der Waals surface area contributed by atoms with Crippen LogP contribution in [0.1, 0.15) is 11.1 Å². The average molecular weight is 216 g/mol. The predicted octanol–water partition coefficient (Wildman–Crippen LogP) is 2.03. The summed E-state index contributed by atoms with van der Waals surface area (Å²) >= 11 is 0. The van der Waals surface area contributed by atoms with Crippen molar-refractivity contribution >= 4 is 5.82 Å². The van der Waals surface area contributed by atoms with Crippen LogP contribution in [-0.4, -0.2) is 12.3 Å². The fourth-order valence-corrected chi connectivity index (χ4v) is 2.15. The molecule has 1 heterocycles. The predicted molar refractivity (Wildman–Crippen MR) is 60.3 cm³/mol. The fraction of sp³-hybridized carbons (Fsp3) is 0.250. The monoisotopic (exact) mass is 216 g/mol. The van der Waals surface area contributed by atoms with Crippen molar-refractivity contribution in [3.05, 3.63) is 29.3 Å². The normalized spacial score (nSPS) is 13.1. The SMILES string of the molecule is COc1ccc2c(c1)-c1onc(N)c1CC2. The minimum Gasteiger partial charge on any atom is -0.497 e. The first-order valence-corrected chi connectivity index (χ1v) is 5.21. The molecule has 0 saturated heterocycles. The van der Waals surface area contributed by atoms with E-state index in [2.05, 4.69) is 11.2 Å². The van der Waals surface area contributed by atoms with E-state index in [0.29, 0.717) is 5.82 Å². The van der Waals surface area contributed by atoms with Crippen molar-refractivity contribution in [3.63, 3.8) is 0 Å². The smallest absolute Gasteiger partial charge is 0.172 e. The van der Waals surface area contributed by atoms with Gasteiger partial charge in [-0.05, 0) is 30.5 Å². The highest BCUT2D eigenvalue weighted by Crippen LogP contribution is 2.37. The van der Waals surface area contributed by atoms with Gasteiger partial charge < -0.3 is 15.0 Å². The van der Waals surface area contributed by atoms with Crippen LogP contribution in [0.2, 0.25) is 0 Å². The molecule has 0 unspecified atom stereocenters. The van der Waals surface area contributed by atoms with Crippen molar-refractivity contribution in [2.24, 2.45) is 0 Å². The Morgan fingerprint density at radius 3 is 3.06 bits per heavy atom. The van der Waals surface area contributed by atoms with E-state index in [9.17, 15) is 0 Å². The lowest BCUT2D eigenvalue weighted by molar-refractivity contribution is 0.413.